The van der Waals surface area contributed by atoms with Crippen molar-refractivity contribution < 1.29 is 14.4 Å². The lowest BCUT2D eigenvalue weighted by atomic mass is 10.1. The number of carbonyl (C=O) groups excluding carboxylic acids is 3. The van der Waals surface area contributed by atoms with Crippen molar-refractivity contribution in [2.45, 2.75) is 6.42 Å². The van der Waals surface area contributed by atoms with Crippen LogP contribution in [0.15, 0.2) is 60.8 Å². The Labute approximate surface area is 159 Å². The number of hydrogen-bond acceptors (Lipinski definition) is 5. The van der Waals surface area contributed by atoms with E-state index < -0.39 is 0 Å². The fraction of sp³-hybridized carbons (Fsp3) is 0.100. The molecule has 1 N–H and O–H groups in total. The van der Waals surface area contributed by atoms with Crippen LogP contribution < -0.4 is 5.32 Å². The molecule has 0 radical (unpaired) electrons. The number of fused-ring (bicyclic) bond motifs is 1. The second kappa shape index (κ2) is 7.13. The van der Waals surface area contributed by atoms with Gasteiger partial charge in [0.05, 0.1) is 16.0 Å². The summed E-state index contributed by atoms with van der Waals surface area (Å²) in [5.41, 5.74) is 1.80. The van der Waals surface area contributed by atoms with Crippen LogP contribution >= 0.6 is 11.3 Å². The van der Waals surface area contributed by atoms with Gasteiger partial charge in [-0.3, -0.25) is 19.3 Å². The van der Waals surface area contributed by atoms with Crippen molar-refractivity contribution in [3.05, 3.63) is 71.9 Å². The van der Waals surface area contributed by atoms with Gasteiger partial charge in [0.25, 0.3) is 11.8 Å². The van der Waals surface area contributed by atoms with Gasteiger partial charge in [-0.1, -0.05) is 53.8 Å². The van der Waals surface area contributed by atoms with E-state index in [0.717, 1.165) is 15.3 Å². The Morgan fingerprint density at radius 2 is 1.59 bits per heavy atom. The zero-order valence-corrected chi connectivity index (χ0v) is 15.0. The van der Waals surface area contributed by atoms with E-state index in [-0.39, 0.29) is 30.7 Å². The largest absolute Gasteiger partial charge is 0.302 e. The first-order valence-corrected chi connectivity index (χ1v) is 9.21. The number of rotatable bonds is 5. The minimum absolute atomic E-state index is 0.0196. The molecule has 0 aliphatic carbocycles. The predicted molar refractivity (Wildman–Crippen MR) is 103 cm³/mol. The predicted octanol–water partition coefficient (Wildman–Crippen LogP) is 3.43. The third-order valence-corrected chi connectivity index (χ3v) is 5.21. The molecule has 7 heteroatoms. The molecule has 0 bridgehead atoms. The first-order chi connectivity index (χ1) is 13.1. The molecule has 27 heavy (non-hydrogen) atoms. The Hall–Kier alpha value is -3.32. The van der Waals surface area contributed by atoms with Crippen LogP contribution in [0.1, 0.15) is 27.1 Å². The lowest BCUT2D eigenvalue weighted by Gasteiger charge is -2.12. The van der Waals surface area contributed by atoms with Crippen molar-refractivity contribution in [2.24, 2.45) is 0 Å². The van der Waals surface area contributed by atoms with Crippen LogP contribution in [-0.4, -0.2) is 34.2 Å². The van der Waals surface area contributed by atoms with E-state index in [1.807, 2.05) is 30.3 Å². The minimum Gasteiger partial charge on any atom is -0.302 e. The number of thiazole rings is 1. The van der Waals surface area contributed by atoms with E-state index in [1.54, 1.807) is 30.5 Å². The summed E-state index contributed by atoms with van der Waals surface area (Å²) in [5.74, 6) is -1.01. The Balaban J connectivity index is 1.37. The summed E-state index contributed by atoms with van der Waals surface area (Å²) in [5, 5.41) is 3.21. The monoisotopic (exact) mass is 377 g/mol. The van der Waals surface area contributed by atoms with Crippen molar-refractivity contribution in [3.63, 3.8) is 0 Å². The van der Waals surface area contributed by atoms with Crippen LogP contribution in [0.25, 0.3) is 10.4 Å². The molecule has 3 amide bonds. The second-order valence-corrected chi connectivity index (χ2v) is 7.03. The van der Waals surface area contributed by atoms with E-state index >= 15 is 0 Å². The number of aromatic nitrogens is 1. The molecule has 3 aromatic rings. The van der Waals surface area contributed by atoms with Gasteiger partial charge in [-0.15, -0.1) is 0 Å². The van der Waals surface area contributed by atoms with Crippen LogP contribution in [-0.2, 0) is 4.79 Å². The van der Waals surface area contributed by atoms with Crippen LogP contribution in [0, 0.1) is 0 Å². The maximum atomic E-state index is 12.3. The van der Waals surface area contributed by atoms with Crippen LogP contribution in [0.3, 0.4) is 0 Å². The van der Waals surface area contributed by atoms with Gasteiger partial charge >= 0.3 is 0 Å². The molecule has 6 nitrogen and oxygen atoms in total. The van der Waals surface area contributed by atoms with Gasteiger partial charge in [-0.05, 0) is 17.7 Å². The Bertz CT molecular complexity index is 995. The van der Waals surface area contributed by atoms with Gasteiger partial charge in [-0.2, -0.15) is 0 Å². The van der Waals surface area contributed by atoms with Crippen LogP contribution in [0.4, 0.5) is 5.13 Å². The summed E-state index contributed by atoms with van der Waals surface area (Å²) in [7, 11) is 0. The van der Waals surface area contributed by atoms with Gasteiger partial charge in [0.15, 0.2) is 5.13 Å². The molecule has 0 unspecified atom stereocenters. The number of imide groups is 1. The van der Waals surface area contributed by atoms with Crippen molar-refractivity contribution >= 4 is 34.2 Å². The Kier molecular flexibility index (Phi) is 4.52. The first kappa shape index (κ1) is 17.1. The van der Waals surface area contributed by atoms with E-state index in [4.69, 9.17) is 0 Å². The third-order valence-electron chi connectivity index (χ3n) is 4.25. The highest BCUT2D eigenvalue weighted by Gasteiger charge is 2.34. The fourth-order valence-electron chi connectivity index (χ4n) is 2.91. The van der Waals surface area contributed by atoms with Crippen LogP contribution in [0.5, 0.6) is 0 Å². The molecule has 0 saturated heterocycles. The topological polar surface area (TPSA) is 79.4 Å². The SMILES string of the molecule is O=C(CCN1C(=O)c2ccccc2C1=O)Nc1ncc(-c2ccccc2)s1. The highest BCUT2D eigenvalue weighted by molar-refractivity contribution is 7.19. The van der Waals surface area contributed by atoms with Gasteiger partial charge in [0.2, 0.25) is 5.91 Å². The number of hydrogen-bond donors (Lipinski definition) is 1. The number of anilines is 1. The highest BCUT2D eigenvalue weighted by atomic mass is 32.1. The molecule has 1 aliphatic heterocycles. The minimum atomic E-state index is -0.357. The maximum Gasteiger partial charge on any atom is 0.261 e. The normalized spacial score (nSPS) is 13.0. The lowest BCUT2D eigenvalue weighted by Crippen LogP contribution is -2.32. The number of amides is 3. The molecular formula is C20H15N3O3S. The molecule has 0 spiro atoms. The third kappa shape index (κ3) is 3.37. The summed E-state index contributed by atoms with van der Waals surface area (Å²) < 4.78 is 0. The first-order valence-electron chi connectivity index (χ1n) is 8.40. The van der Waals surface area contributed by atoms with Gasteiger partial charge < -0.3 is 5.32 Å². The molecule has 4 rings (SSSR count). The van der Waals surface area contributed by atoms with Gasteiger partial charge in [0, 0.05) is 19.2 Å². The number of nitrogens with one attached hydrogen (secondary N) is 1. The molecule has 0 saturated carbocycles. The van der Waals surface area contributed by atoms with Gasteiger partial charge in [-0.25, -0.2) is 4.98 Å². The molecular weight excluding hydrogens is 362 g/mol. The standard InChI is InChI=1S/C20H15N3O3S/c24-17(22-20-21-12-16(27-20)13-6-2-1-3-7-13)10-11-23-18(25)14-8-4-5-9-15(14)19(23)26/h1-9,12H,10-11H2,(H,21,22,24). The number of nitrogens with zero attached hydrogens (tertiary/aromatic N) is 2. The van der Waals surface area contributed by atoms with E-state index in [0.29, 0.717) is 16.3 Å². The number of benzene rings is 2. The average molecular weight is 377 g/mol. The molecule has 2 heterocycles. The second-order valence-electron chi connectivity index (χ2n) is 6.00. The molecule has 2 aromatic carbocycles. The summed E-state index contributed by atoms with van der Waals surface area (Å²) in [4.78, 5) is 43.1. The molecule has 134 valence electrons. The van der Waals surface area contributed by atoms with Crippen molar-refractivity contribution in [1.29, 1.82) is 0 Å². The van der Waals surface area contributed by atoms with Crippen molar-refractivity contribution in [2.75, 3.05) is 11.9 Å². The van der Waals surface area contributed by atoms with E-state index in [1.165, 1.54) is 11.3 Å². The average Bonchev–Trinajstić information content (AvgIpc) is 3.25. The van der Waals surface area contributed by atoms with Crippen LogP contribution in [0.2, 0.25) is 0 Å². The van der Waals surface area contributed by atoms with Gasteiger partial charge in [0.1, 0.15) is 0 Å². The summed E-state index contributed by atoms with van der Waals surface area (Å²) >= 11 is 1.37. The summed E-state index contributed by atoms with van der Waals surface area (Å²) in [6.45, 7) is 0.0368. The summed E-state index contributed by atoms with van der Waals surface area (Å²) in [6, 6.07) is 16.4. The van der Waals surface area contributed by atoms with Crippen molar-refractivity contribution in [1.82, 2.24) is 9.88 Å². The molecule has 1 aromatic heterocycles. The fourth-order valence-corrected chi connectivity index (χ4v) is 3.74. The van der Waals surface area contributed by atoms with Crippen molar-refractivity contribution in [3.8, 4) is 10.4 Å². The Morgan fingerprint density at radius 3 is 2.26 bits per heavy atom. The summed E-state index contributed by atoms with van der Waals surface area (Å²) in [6.07, 6.45) is 1.73. The lowest BCUT2D eigenvalue weighted by molar-refractivity contribution is -0.116. The van der Waals surface area contributed by atoms with E-state index in [2.05, 4.69) is 10.3 Å². The molecule has 0 atom stereocenters. The number of carbonyl (C=O) groups is 3. The van der Waals surface area contributed by atoms with E-state index in [9.17, 15) is 14.4 Å². The zero-order valence-electron chi connectivity index (χ0n) is 14.2. The zero-order chi connectivity index (χ0) is 18.8. The maximum absolute atomic E-state index is 12.3. The molecule has 1 aliphatic rings. The quantitative estimate of drug-likeness (QED) is 0.691. The highest BCUT2D eigenvalue weighted by Crippen LogP contribution is 2.28. The Morgan fingerprint density at radius 1 is 0.963 bits per heavy atom. The molecule has 0 fully saturated rings. The smallest absolute Gasteiger partial charge is 0.261 e.